The minimum Gasteiger partial charge on any atom is -0.393 e. The van der Waals surface area contributed by atoms with Gasteiger partial charge >= 0.3 is 0 Å². The maximum Gasteiger partial charge on any atom is 0.157 e. The molecule has 0 bridgehead atoms. The molecular formula is C28H30N6. The topological polar surface area (TPSA) is 70.3 Å². The number of piperazine rings is 1. The van der Waals surface area contributed by atoms with Gasteiger partial charge in [0.2, 0.25) is 0 Å². The Morgan fingerprint density at radius 2 is 1.29 bits per heavy atom. The molecule has 0 aliphatic carbocycles. The lowest BCUT2D eigenvalue weighted by molar-refractivity contribution is 0.249. The van der Waals surface area contributed by atoms with Gasteiger partial charge in [-0.1, -0.05) is 91.0 Å². The third kappa shape index (κ3) is 5.02. The van der Waals surface area contributed by atoms with Crippen molar-refractivity contribution in [3.8, 4) is 0 Å². The highest BCUT2D eigenvalue weighted by molar-refractivity contribution is 5.75. The number of nitrogens with one attached hydrogen (secondary N) is 1. The standard InChI is InChI=1S/C28H30N6/c29-25-27(32-26(23-12-6-2-7-13-23)24-14-8-3-9-15-24)30-21-31-28(25)34-18-16-33(17-19-34)20-22-10-4-1-5-11-22/h1-15,21,26H,16-20,29H2,(H,30,31,32). The van der Waals surface area contributed by atoms with Gasteiger partial charge in [-0.05, 0) is 16.7 Å². The quantitative estimate of drug-likeness (QED) is 0.429. The molecule has 1 fully saturated rings. The summed E-state index contributed by atoms with van der Waals surface area (Å²) < 4.78 is 0. The van der Waals surface area contributed by atoms with E-state index in [2.05, 4.69) is 104 Å². The molecule has 4 aromatic rings. The second-order valence-corrected chi connectivity index (χ2v) is 8.61. The van der Waals surface area contributed by atoms with E-state index in [9.17, 15) is 0 Å². The van der Waals surface area contributed by atoms with Crippen LogP contribution in [0.1, 0.15) is 22.7 Å². The second kappa shape index (κ2) is 10.4. The van der Waals surface area contributed by atoms with Crippen molar-refractivity contribution < 1.29 is 0 Å². The van der Waals surface area contributed by atoms with Crippen LogP contribution in [0.4, 0.5) is 17.3 Å². The van der Waals surface area contributed by atoms with Gasteiger partial charge < -0.3 is 16.0 Å². The average Bonchev–Trinajstić information content (AvgIpc) is 2.90. The molecule has 3 N–H and O–H groups in total. The Labute approximate surface area is 201 Å². The molecule has 172 valence electrons. The number of benzene rings is 3. The molecule has 5 rings (SSSR count). The van der Waals surface area contributed by atoms with Gasteiger partial charge in [-0.25, -0.2) is 9.97 Å². The number of aromatic nitrogens is 2. The second-order valence-electron chi connectivity index (χ2n) is 8.61. The molecule has 0 atom stereocenters. The number of hydrogen-bond acceptors (Lipinski definition) is 6. The molecule has 0 saturated carbocycles. The van der Waals surface area contributed by atoms with Crippen LogP contribution >= 0.6 is 0 Å². The van der Waals surface area contributed by atoms with Crippen molar-refractivity contribution >= 4 is 17.3 Å². The van der Waals surface area contributed by atoms with Crippen LogP contribution in [0.3, 0.4) is 0 Å². The van der Waals surface area contributed by atoms with Crippen LogP contribution < -0.4 is 16.0 Å². The van der Waals surface area contributed by atoms with Crippen molar-refractivity contribution in [2.75, 3.05) is 42.1 Å². The minimum atomic E-state index is -0.0600. The Hall–Kier alpha value is -3.90. The summed E-state index contributed by atoms with van der Waals surface area (Å²) in [5, 5.41) is 3.59. The van der Waals surface area contributed by atoms with Gasteiger partial charge in [-0.2, -0.15) is 0 Å². The molecule has 0 unspecified atom stereocenters. The van der Waals surface area contributed by atoms with E-state index in [1.54, 1.807) is 6.33 Å². The van der Waals surface area contributed by atoms with E-state index in [4.69, 9.17) is 5.73 Å². The Balaban J connectivity index is 1.32. The van der Waals surface area contributed by atoms with Crippen molar-refractivity contribution in [1.82, 2.24) is 14.9 Å². The zero-order valence-electron chi connectivity index (χ0n) is 19.2. The van der Waals surface area contributed by atoms with Crippen molar-refractivity contribution in [2.45, 2.75) is 12.6 Å². The first-order valence-corrected chi connectivity index (χ1v) is 11.8. The maximum absolute atomic E-state index is 6.63. The third-order valence-corrected chi connectivity index (χ3v) is 6.33. The summed E-state index contributed by atoms with van der Waals surface area (Å²) >= 11 is 0. The molecule has 1 aliphatic rings. The van der Waals surface area contributed by atoms with Crippen LogP contribution in [-0.4, -0.2) is 41.0 Å². The zero-order valence-corrected chi connectivity index (χ0v) is 19.2. The van der Waals surface area contributed by atoms with Crippen LogP contribution in [0.25, 0.3) is 0 Å². The van der Waals surface area contributed by atoms with Crippen LogP contribution in [0.15, 0.2) is 97.3 Å². The van der Waals surface area contributed by atoms with E-state index in [-0.39, 0.29) is 6.04 Å². The summed E-state index contributed by atoms with van der Waals surface area (Å²) in [6, 6.07) is 31.3. The molecular weight excluding hydrogens is 420 g/mol. The molecule has 6 nitrogen and oxygen atoms in total. The van der Waals surface area contributed by atoms with Gasteiger partial charge in [0.25, 0.3) is 0 Å². The molecule has 6 heteroatoms. The number of rotatable bonds is 7. The monoisotopic (exact) mass is 450 g/mol. The Morgan fingerprint density at radius 3 is 1.88 bits per heavy atom. The molecule has 3 aromatic carbocycles. The lowest BCUT2D eigenvalue weighted by Crippen LogP contribution is -2.46. The van der Waals surface area contributed by atoms with Crippen LogP contribution in [0.2, 0.25) is 0 Å². The van der Waals surface area contributed by atoms with Crippen molar-refractivity contribution in [1.29, 1.82) is 0 Å². The maximum atomic E-state index is 6.63. The van der Waals surface area contributed by atoms with Gasteiger partial charge in [0.15, 0.2) is 11.6 Å². The Kier molecular flexibility index (Phi) is 6.68. The predicted molar refractivity (Wildman–Crippen MR) is 139 cm³/mol. The molecule has 0 radical (unpaired) electrons. The summed E-state index contributed by atoms with van der Waals surface area (Å²) in [4.78, 5) is 13.8. The van der Waals surface area contributed by atoms with E-state index in [0.29, 0.717) is 11.5 Å². The zero-order chi connectivity index (χ0) is 23.2. The van der Waals surface area contributed by atoms with E-state index in [1.165, 1.54) is 5.56 Å². The first-order chi connectivity index (χ1) is 16.8. The first kappa shape index (κ1) is 21.9. The Morgan fingerprint density at radius 1 is 0.735 bits per heavy atom. The van der Waals surface area contributed by atoms with Crippen molar-refractivity contribution in [3.05, 3.63) is 114 Å². The minimum absolute atomic E-state index is 0.0600. The smallest absolute Gasteiger partial charge is 0.157 e. The normalized spacial score (nSPS) is 14.3. The fraction of sp³-hybridized carbons (Fsp3) is 0.214. The number of nitrogens with two attached hydrogens (primary N) is 1. The fourth-order valence-electron chi connectivity index (χ4n) is 4.50. The van der Waals surface area contributed by atoms with Gasteiger partial charge in [-0.3, -0.25) is 4.90 Å². The fourth-order valence-corrected chi connectivity index (χ4v) is 4.50. The van der Waals surface area contributed by atoms with E-state index >= 15 is 0 Å². The van der Waals surface area contributed by atoms with Gasteiger partial charge in [0.05, 0.1) is 6.04 Å². The van der Waals surface area contributed by atoms with Crippen LogP contribution in [0.5, 0.6) is 0 Å². The largest absolute Gasteiger partial charge is 0.393 e. The van der Waals surface area contributed by atoms with Crippen molar-refractivity contribution in [3.63, 3.8) is 0 Å². The third-order valence-electron chi connectivity index (χ3n) is 6.33. The number of nitrogen functional groups attached to an aromatic ring is 1. The molecule has 1 aliphatic heterocycles. The van der Waals surface area contributed by atoms with Crippen molar-refractivity contribution in [2.24, 2.45) is 0 Å². The summed E-state index contributed by atoms with van der Waals surface area (Å²) in [5.41, 5.74) is 10.9. The van der Waals surface area contributed by atoms with Gasteiger partial charge in [-0.15, -0.1) is 0 Å². The van der Waals surface area contributed by atoms with Gasteiger partial charge in [0.1, 0.15) is 12.0 Å². The molecule has 0 amide bonds. The Bertz CT molecular complexity index is 1140. The molecule has 0 spiro atoms. The van der Waals surface area contributed by atoms with Crippen LogP contribution in [-0.2, 0) is 6.54 Å². The summed E-state index contributed by atoms with van der Waals surface area (Å²) in [5.74, 6) is 1.46. The molecule has 2 heterocycles. The highest BCUT2D eigenvalue weighted by Gasteiger charge is 2.23. The van der Waals surface area contributed by atoms with E-state index in [0.717, 1.165) is 49.7 Å². The summed E-state index contributed by atoms with van der Waals surface area (Å²) in [6.07, 6.45) is 1.61. The number of anilines is 3. The molecule has 1 aromatic heterocycles. The van der Waals surface area contributed by atoms with Crippen LogP contribution in [0, 0.1) is 0 Å². The lowest BCUT2D eigenvalue weighted by atomic mass is 9.99. The molecule has 1 saturated heterocycles. The highest BCUT2D eigenvalue weighted by Crippen LogP contribution is 2.32. The molecule has 34 heavy (non-hydrogen) atoms. The SMILES string of the molecule is Nc1c(NC(c2ccccc2)c2ccccc2)ncnc1N1CCN(Cc2ccccc2)CC1. The predicted octanol–water partition coefficient (Wildman–Crippen LogP) is 4.58. The van der Waals surface area contributed by atoms with Gasteiger partial charge in [0, 0.05) is 32.7 Å². The number of hydrogen-bond donors (Lipinski definition) is 2. The summed E-state index contributed by atoms with van der Waals surface area (Å²) in [6.45, 7) is 4.68. The van der Waals surface area contributed by atoms with E-state index < -0.39 is 0 Å². The number of nitrogens with zero attached hydrogens (tertiary/aromatic N) is 4. The lowest BCUT2D eigenvalue weighted by Gasteiger charge is -2.36. The first-order valence-electron chi connectivity index (χ1n) is 11.8. The average molecular weight is 451 g/mol. The highest BCUT2D eigenvalue weighted by atomic mass is 15.3. The van der Waals surface area contributed by atoms with E-state index in [1.807, 2.05) is 12.1 Å². The summed E-state index contributed by atoms with van der Waals surface area (Å²) in [7, 11) is 0.